The van der Waals surface area contributed by atoms with Gasteiger partial charge in [-0.1, -0.05) is 29.8 Å². The molecule has 1 saturated heterocycles. The van der Waals surface area contributed by atoms with Gasteiger partial charge < -0.3 is 5.32 Å². The normalized spacial score (nSPS) is 16.8. The molecule has 0 aliphatic carbocycles. The topological polar surface area (TPSA) is 12.0 Å². The lowest BCUT2D eigenvalue weighted by molar-refractivity contribution is 0.274. The Morgan fingerprint density at radius 1 is 1.10 bits per heavy atom. The molecule has 1 aliphatic rings. The Morgan fingerprint density at radius 3 is 2.50 bits per heavy atom. The SMILES string of the molecule is Fc1cccc(C2(Cc3ccc(F)c(Cl)c3)CNC2)c1. The first-order chi connectivity index (χ1) is 9.59. The average Bonchev–Trinajstić information content (AvgIpc) is 2.38. The Labute approximate surface area is 121 Å². The van der Waals surface area contributed by atoms with Crippen molar-refractivity contribution in [3.8, 4) is 0 Å². The van der Waals surface area contributed by atoms with Crippen LogP contribution in [0.15, 0.2) is 42.5 Å². The van der Waals surface area contributed by atoms with E-state index in [0.717, 1.165) is 24.2 Å². The summed E-state index contributed by atoms with van der Waals surface area (Å²) in [6.45, 7) is 1.57. The summed E-state index contributed by atoms with van der Waals surface area (Å²) < 4.78 is 26.6. The second-order valence-corrected chi connectivity index (χ2v) is 5.73. The maximum atomic E-state index is 13.4. The molecule has 0 radical (unpaired) electrons. The van der Waals surface area contributed by atoms with Gasteiger partial charge in [-0.15, -0.1) is 0 Å². The van der Waals surface area contributed by atoms with Crippen molar-refractivity contribution in [3.05, 3.63) is 70.2 Å². The third-order valence-corrected chi connectivity index (χ3v) is 4.18. The minimum atomic E-state index is -0.415. The number of hydrogen-bond donors (Lipinski definition) is 1. The predicted octanol–water partition coefficient (Wildman–Crippen LogP) is 3.70. The largest absolute Gasteiger partial charge is 0.315 e. The van der Waals surface area contributed by atoms with Gasteiger partial charge in [-0.3, -0.25) is 0 Å². The fraction of sp³-hybridized carbons (Fsp3) is 0.250. The number of hydrogen-bond acceptors (Lipinski definition) is 1. The van der Waals surface area contributed by atoms with E-state index < -0.39 is 5.82 Å². The highest BCUT2D eigenvalue weighted by Crippen LogP contribution is 2.33. The summed E-state index contributed by atoms with van der Waals surface area (Å²) in [6, 6.07) is 11.4. The van der Waals surface area contributed by atoms with Crippen molar-refractivity contribution in [3.63, 3.8) is 0 Å². The van der Waals surface area contributed by atoms with E-state index in [1.165, 1.54) is 12.1 Å². The van der Waals surface area contributed by atoms with Crippen LogP contribution in [-0.2, 0) is 11.8 Å². The van der Waals surface area contributed by atoms with Crippen molar-refractivity contribution >= 4 is 11.6 Å². The van der Waals surface area contributed by atoms with Gasteiger partial charge in [0.1, 0.15) is 11.6 Å². The summed E-state index contributed by atoms with van der Waals surface area (Å²) in [4.78, 5) is 0. The molecule has 0 aromatic heterocycles. The molecule has 0 saturated carbocycles. The van der Waals surface area contributed by atoms with Crippen LogP contribution in [0.2, 0.25) is 5.02 Å². The molecule has 1 fully saturated rings. The third kappa shape index (κ3) is 2.43. The summed E-state index contributed by atoms with van der Waals surface area (Å²) in [5.74, 6) is -0.645. The Hall–Kier alpha value is -1.45. The van der Waals surface area contributed by atoms with Gasteiger partial charge in [0.15, 0.2) is 0 Å². The van der Waals surface area contributed by atoms with Crippen LogP contribution in [0.1, 0.15) is 11.1 Å². The molecule has 0 spiro atoms. The zero-order valence-electron chi connectivity index (χ0n) is 10.8. The summed E-state index contributed by atoms with van der Waals surface area (Å²) in [5.41, 5.74) is 1.79. The molecular formula is C16H14ClF2N. The highest BCUT2D eigenvalue weighted by atomic mass is 35.5. The monoisotopic (exact) mass is 293 g/mol. The molecule has 0 amide bonds. The van der Waals surface area contributed by atoms with Gasteiger partial charge in [-0.2, -0.15) is 0 Å². The molecule has 104 valence electrons. The maximum Gasteiger partial charge on any atom is 0.141 e. The van der Waals surface area contributed by atoms with E-state index in [4.69, 9.17) is 11.6 Å². The van der Waals surface area contributed by atoms with Crippen molar-refractivity contribution in [2.45, 2.75) is 11.8 Å². The summed E-state index contributed by atoms with van der Waals surface area (Å²) in [5, 5.41) is 3.37. The lowest BCUT2D eigenvalue weighted by Crippen LogP contribution is -2.58. The van der Waals surface area contributed by atoms with Gasteiger partial charge in [0.25, 0.3) is 0 Å². The summed E-state index contributed by atoms with van der Waals surface area (Å²) >= 11 is 5.82. The van der Waals surface area contributed by atoms with Gasteiger partial charge in [-0.25, -0.2) is 8.78 Å². The molecule has 20 heavy (non-hydrogen) atoms. The minimum Gasteiger partial charge on any atom is -0.315 e. The number of benzene rings is 2. The molecule has 0 unspecified atom stereocenters. The van der Waals surface area contributed by atoms with Crippen LogP contribution in [0.5, 0.6) is 0 Å². The third-order valence-electron chi connectivity index (χ3n) is 3.89. The average molecular weight is 294 g/mol. The zero-order valence-corrected chi connectivity index (χ0v) is 11.6. The smallest absolute Gasteiger partial charge is 0.141 e. The van der Waals surface area contributed by atoms with Crippen LogP contribution in [0, 0.1) is 11.6 Å². The fourth-order valence-corrected chi connectivity index (χ4v) is 2.92. The molecule has 2 aromatic carbocycles. The second-order valence-electron chi connectivity index (χ2n) is 5.32. The number of halogens is 3. The maximum absolute atomic E-state index is 13.4. The second kappa shape index (κ2) is 5.15. The van der Waals surface area contributed by atoms with Gasteiger partial charge in [0.2, 0.25) is 0 Å². The van der Waals surface area contributed by atoms with Crippen LogP contribution in [0.3, 0.4) is 0 Å². The van der Waals surface area contributed by atoms with E-state index in [2.05, 4.69) is 5.32 Å². The fourth-order valence-electron chi connectivity index (χ4n) is 2.72. The molecule has 2 aromatic rings. The van der Waals surface area contributed by atoms with Gasteiger partial charge in [0, 0.05) is 18.5 Å². The molecule has 1 nitrogen and oxygen atoms in total. The predicted molar refractivity (Wildman–Crippen MR) is 76.1 cm³/mol. The van der Waals surface area contributed by atoms with Crippen LogP contribution in [0.4, 0.5) is 8.78 Å². The molecule has 3 rings (SSSR count). The molecule has 0 bridgehead atoms. The van der Waals surface area contributed by atoms with Crippen molar-refractivity contribution < 1.29 is 8.78 Å². The molecule has 1 aliphatic heterocycles. The van der Waals surface area contributed by atoms with E-state index in [1.54, 1.807) is 24.3 Å². The highest BCUT2D eigenvalue weighted by molar-refractivity contribution is 6.30. The van der Waals surface area contributed by atoms with Crippen molar-refractivity contribution in [1.29, 1.82) is 0 Å². The van der Waals surface area contributed by atoms with Crippen molar-refractivity contribution in [2.24, 2.45) is 0 Å². The first-order valence-corrected chi connectivity index (χ1v) is 6.88. The van der Waals surface area contributed by atoms with Crippen LogP contribution in [-0.4, -0.2) is 13.1 Å². The van der Waals surface area contributed by atoms with E-state index >= 15 is 0 Å². The zero-order chi connectivity index (χ0) is 14.2. The minimum absolute atomic E-state index is 0.129. The summed E-state index contributed by atoms with van der Waals surface area (Å²) in [6.07, 6.45) is 0.712. The van der Waals surface area contributed by atoms with Crippen LogP contribution < -0.4 is 5.32 Å². The number of rotatable bonds is 3. The van der Waals surface area contributed by atoms with E-state index in [1.807, 2.05) is 6.07 Å². The standard InChI is InChI=1S/C16H14ClF2N/c17-14-6-11(4-5-15(14)19)8-16(9-20-10-16)12-2-1-3-13(18)7-12/h1-7,20H,8-10H2. The van der Waals surface area contributed by atoms with Crippen molar-refractivity contribution in [2.75, 3.05) is 13.1 Å². The van der Waals surface area contributed by atoms with E-state index in [-0.39, 0.29) is 16.3 Å². The molecular weight excluding hydrogens is 280 g/mol. The van der Waals surface area contributed by atoms with Gasteiger partial charge >= 0.3 is 0 Å². The van der Waals surface area contributed by atoms with Crippen LogP contribution >= 0.6 is 11.6 Å². The Balaban J connectivity index is 1.91. The van der Waals surface area contributed by atoms with E-state index in [0.29, 0.717) is 6.42 Å². The quantitative estimate of drug-likeness (QED) is 0.910. The van der Waals surface area contributed by atoms with Crippen LogP contribution in [0.25, 0.3) is 0 Å². The number of nitrogens with one attached hydrogen (secondary N) is 1. The van der Waals surface area contributed by atoms with Gasteiger partial charge in [-0.05, 0) is 41.8 Å². The van der Waals surface area contributed by atoms with E-state index in [9.17, 15) is 8.78 Å². The molecule has 0 atom stereocenters. The first-order valence-electron chi connectivity index (χ1n) is 6.50. The lowest BCUT2D eigenvalue weighted by atomic mass is 9.71. The summed E-state index contributed by atoms with van der Waals surface area (Å²) in [7, 11) is 0. The first kappa shape index (κ1) is 13.5. The van der Waals surface area contributed by atoms with Gasteiger partial charge in [0.05, 0.1) is 5.02 Å². The Morgan fingerprint density at radius 2 is 1.90 bits per heavy atom. The molecule has 1 N–H and O–H groups in total. The van der Waals surface area contributed by atoms with Crippen molar-refractivity contribution in [1.82, 2.24) is 5.32 Å². The lowest BCUT2D eigenvalue weighted by Gasteiger charge is -2.43. The highest BCUT2D eigenvalue weighted by Gasteiger charge is 2.38. The Kier molecular flexibility index (Phi) is 3.48. The Bertz CT molecular complexity index is 638. The molecule has 1 heterocycles. The molecule has 4 heteroatoms.